The fourth-order valence-electron chi connectivity index (χ4n) is 2.64. The van der Waals surface area contributed by atoms with E-state index in [1.54, 1.807) is 12.4 Å². The molecule has 0 unspecified atom stereocenters. The van der Waals surface area contributed by atoms with Gasteiger partial charge in [0.15, 0.2) is 0 Å². The van der Waals surface area contributed by atoms with Crippen molar-refractivity contribution < 1.29 is 13.2 Å². The molecule has 2 aromatic carbocycles. The van der Waals surface area contributed by atoms with Gasteiger partial charge < -0.3 is 5.32 Å². The van der Waals surface area contributed by atoms with E-state index in [1.807, 2.05) is 43.3 Å². The quantitative estimate of drug-likeness (QED) is 0.644. The molecule has 0 fully saturated rings. The molecule has 3 aromatic rings. The number of amides is 1. The topological polar surface area (TPSA) is 88.2 Å². The molecule has 1 heterocycles. The Hall–Kier alpha value is -3.03. The van der Waals surface area contributed by atoms with E-state index < -0.39 is 10.0 Å². The van der Waals surface area contributed by atoms with Crippen molar-refractivity contribution in [3.8, 4) is 0 Å². The number of hydrogen-bond donors (Lipinski definition) is 2. The highest BCUT2D eigenvalue weighted by atomic mass is 32.2. The SMILES string of the molecule is Cc1ccccc1CNS(=O)(=O)c1ccc(C(=O)NCc2ccncc2)cc1. The summed E-state index contributed by atoms with van der Waals surface area (Å²) in [6.45, 7) is 2.52. The van der Waals surface area contributed by atoms with Crippen LogP contribution >= 0.6 is 0 Å². The summed E-state index contributed by atoms with van der Waals surface area (Å²) in [4.78, 5) is 16.3. The molecular formula is C21H21N3O3S. The standard InChI is InChI=1S/C21H21N3O3S/c1-16-4-2-3-5-19(16)15-24-28(26,27)20-8-6-18(7-9-20)21(25)23-14-17-10-12-22-13-11-17/h2-13,24H,14-15H2,1H3,(H,23,25). The van der Waals surface area contributed by atoms with Crippen molar-refractivity contribution >= 4 is 15.9 Å². The largest absolute Gasteiger partial charge is 0.348 e. The minimum Gasteiger partial charge on any atom is -0.348 e. The van der Waals surface area contributed by atoms with Crippen molar-refractivity contribution in [2.24, 2.45) is 0 Å². The van der Waals surface area contributed by atoms with Crippen LogP contribution < -0.4 is 10.0 Å². The molecule has 0 aliphatic heterocycles. The Kier molecular flexibility index (Phi) is 6.18. The fraction of sp³-hybridized carbons (Fsp3) is 0.143. The molecule has 0 saturated heterocycles. The van der Waals surface area contributed by atoms with Gasteiger partial charge in [-0.1, -0.05) is 24.3 Å². The lowest BCUT2D eigenvalue weighted by Gasteiger charge is -2.10. The molecule has 0 radical (unpaired) electrons. The van der Waals surface area contributed by atoms with Gasteiger partial charge in [-0.25, -0.2) is 13.1 Å². The highest BCUT2D eigenvalue weighted by molar-refractivity contribution is 7.89. The molecule has 0 bridgehead atoms. The predicted molar refractivity (Wildman–Crippen MR) is 107 cm³/mol. The third-order valence-electron chi connectivity index (χ3n) is 4.34. The predicted octanol–water partition coefficient (Wildman–Crippen LogP) is 2.80. The molecule has 0 spiro atoms. The van der Waals surface area contributed by atoms with Crippen LogP contribution in [0.25, 0.3) is 0 Å². The molecule has 28 heavy (non-hydrogen) atoms. The lowest BCUT2D eigenvalue weighted by Crippen LogP contribution is -2.24. The number of carbonyl (C=O) groups is 1. The minimum atomic E-state index is -3.66. The van der Waals surface area contributed by atoms with Crippen LogP contribution in [0.4, 0.5) is 0 Å². The molecule has 2 N–H and O–H groups in total. The summed E-state index contributed by atoms with van der Waals surface area (Å²) >= 11 is 0. The number of pyridine rings is 1. The number of aryl methyl sites for hydroxylation is 1. The van der Waals surface area contributed by atoms with Crippen molar-refractivity contribution in [3.63, 3.8) is 0 Å². The summed E-state index contributed by atoms with van der Waals surface area (Å²) in [5.74, 6) is -0.270. The van der Waals surface area contributed by atoms with Gasteiger partial charge in [-0.05, 0) is 60.0 Å². The second kappa shape index (κ2) is 8.77. The first-order chi connectivity index (χ1) is 13.5. The van der Waals surface area contributed by atoms with E-state index in [9.17, 15) is 13.2 Å². The molecular weight excluding hydrogens is 374 g/mol. The number of nitrogens with one attached hydrogen (secondary N) is 2. The van der Waals surface area contributed by atoms with E-state index in [0.717, 1.165) is 16.7 Å². The number of sulfonamides is 1. The molecule has 0 atom stereocenters. The zero-order valence-corrected chi connectivity index (χ0v) is 16.2. The number of nitrogens with zero attached hydrogens (tertiary/aromatic N) is 1. The van der Waals surface area contributed by atoms with Crippen molar-refractivity contribution in [2.45, 2.75) is 24.9 Å². The maximum atomic E-state index is 12.5. The highest BCUT2D eigenvalue weighted by Crippen LogP contribution is 2.13. The van der Waals surface area contributed by atoms with Crippen LogP contribution in [0.1, 0.15) is 27.0 Å². The van der Waals surface area contributed by atoms with Crippen molar-refractivity contribution in [3.05, 3.63) is 95.3 Å². The van der Waals surface area contributed by atoms with E-state index in [4.69, 9.17) is 0 Å². The van der Waals surface area contributed by atoms with Crippen molar-refractivity contribution in [2.75, 3.05) is 0 Å². The molecule has 0 saturated carbocycles. The summed E-state index contributed by atoms with van der Waals surface area (Å²) in [5.41, 5.74) is 3.26. The first-order valence-electron chi connectivity index (χ1n) is 8.77. The van der Waals surface area contributed by atoms with Crippen molar-refractivity contribution in [1.29, 1.82) is 0 Å². The van der Waals surface area contributed by atoms with Gasteiger partial charge in [0.25, 0.3) is 5.91 Å². The lowest BCUT2D eigenvalue weighted by molar-refractivity contribution is 0.0951. The minimum absolute atomic E-state index is 0.117. The van der Waals surface area contributed by atoms with Gasteiger partial charge >= 0.3 is 0 Å². The van der Waals surface area contributed by atoms with Gasteiger partial charge in [-0.3, -0.25) is 9.78 Å². The van der Waals surface area contributed by atoms with Gasteiger partial charge in [0, 0.05) is 31.0 Å². The third kappa shape index (κ3) is 5.03. The molecule has 0 aliphatic rings. The van der Waals surface area contributed by atoms with E-state index in [2.05, 4.69) is 15.0 Å². The van der Waals surface area contributed by atoms with Crippen LogP contribution in [-0.2, 0) is 23.1 Å². The fourth-order valence-corrected chi connectivity index (χ4v) is 3.64. The van der Waals surface area contributed by atoms with Gasteiger partial charge in [0.1, 0.15) is 0 Å². The first-order valence-corrected chi connectivity index (χ1v) is 10.3. The number of carbonyl (C=O) groups excluding carboxylic acids is 1. The summed E-state index contributed by atoms with van der Waals surface area (Å²) in [5, 5.41) is 2.79. The third-order valence-corrected chi connectivity index (χ3v) is 5.76. The monoisotopic (exact) mass is 395 g/mol. The van der Waals surface area contributed by atoms with Crippen LogP contribution in [0.3, 0.4) is 0 Å². The van der Waals surface area contributed by atoms with Crippen LogP contribution in [0.2, 0.25) is 0 Å². The highest BCUT2D eigenvalue weighted by Gasteiger charge is 2.15. The number of benzene rings is 2. The maximum Gasteiger partial charge on any atom is 0.251 e. The smallest absolute Gasteiger partial charge is 0.251 e. The Morgan fingerprint density at radius 3 is 2.29 bits per heavy atom. The average Bonchev–Trinajstić information content (AvgIpc) is 2.72. The van der Waals surface area contributed by atoms with E-state index in [1.165, 1.54) is 24.3 Å². The van der Waals surface area contributed by atoms with Gasteiger partial charge in [0.05, 0.1) is 4.90 Å². The Labute approximate surface area is 164 Å². The Morgan fingerprint density at radius 1 is 0.929 bits per heavy atom. The Bertz CT molecular complexity index is 1050. The number of aromatic nitrogens is 1. The second-order valence-corrected chi connectivity index (χ2v) is 8.08. The average molecular weight is 395 g/mol. The normalized spacial score (nSPS) is 11.2. The zero-order chi connectivity index (χ0) is 20.0. The molecule has 0 aliphatic carbocycles. The number of rotatable bonds is 7. The lowest BCUT2D eigenvalue weighted by atomic mass is 10.1. The zero-order valence-electron chi connectivity index (χ0n) is 15.4. The summed E-state index contributed by atoms with van der Waals surface area (Å²) < 4.78 is 27.6. The summed E-state index contributed by atoms with van der Waals surface area (Å²) in [6.07, 6.45) is 3.32. The van der Waals surface area contributed by atoms with Crippen LogP contribution in [0, 0.1) is 6.92 Å². The second-order valence-electron chi connectivity index (χ2n) is 6.31. The van der Waals surface area contributed by atoms with Gasteiger partial charge in [-0.15, -0.1) is 0 Å². The van der Waals surface area contributed by atoms with Crippen molar-refractivity contribution in [1.82, 2.24) is 15.0 Å². The Morgan fingerprint density at radius 2 is 1.61 bits per heavy atom. The van der Waals surface area contributed by atoms with Gasteiger partial charge in [0.2, 0.25) is 10.0 Å². The molecule has 3 rings (SSSR count). The first kappa shape index (κ1) is 19.7. The van der Waals surface area contributed by atoms with Crippen LogP contribution in [0.15, 0.2) is 78.0 Å². The summed E-state index contributed by atoms with van der Waals surface area (Å²) in [6, 6.07) is 17.1. The van der Waals surface area contributed by atoms with Gasteiger partial charge in [-0.2, -0.15) is 0 Å². The van der Waals surface area contributed by atoms with E-state index in [0.29, 0.717) is 12.1 Å². The van der Waals surface area contributed by atoms with Crippen LogP contribution in [0.5, 0.6) is 0 Å². The molecule has 1 amide bonds. The van der Waals surface area contributed by atoms with Crippen LogP contribution in [-0.4, -0.2) is 19.3 Å². The molecule has 1 aromatic heterocycles. The summed E-state index contributed by atoms with van der Waals surface area (Å²) in [7, 11) is -3.66. The van der Waals surface area contributed by atoms with E-state index in [-0.39, 0.29) is 17.3 Å². The number of hydrogen-bond acceptors (Lipinski definition) is 4. The van der Waals surface area contributed by atoms with E-state index >= 15 is 0 Å². The Balaban J connectivity index is 1.62. The molecule has 7 heteroatoms. The molecule has 6 nitrogen and oxygen atoms in total. The maximum absolute atomic E-state index is 12.5. The molecule has 144 valence electrons.